The summed E-state index contributed by atoms with van der Waals surface area (Å²) in [5.41, 5.74) is -0.842. The Hall–Kier alpha value is -1.35. The maximum atomic E-state index is 11.9. The van der Waals surface area contributed by atoms with Crippen LogP contribution in [0.4, 0.5) is 0 Å². The van der Waals surface area contributed by atoms with Gasteiger partial charge in [0.15, 0.2) is 5.60 Å². The molecular formula is C14H18O3. The van der Waals surface area contributed by atoms with Crippen molar-refractivity contribution in [2.75, 3.05) is 7.11 Å². The molecule has 2 rings (SSSR count). The molecule has 17 heavy (non-hydrogen) atoms. The first-order chi connectivity index (χ1) is 8.19. The lowest BCUT2D eigenvalue weighted by atomic mass is 9.80. The highest BCUT2D eigenvalue weighted by Crippen LogP contribution is 2.41. The van der Waals surface area contributed by atoms with Gasteiger partial charge in [0.1, 0.15) is 0 Å². The largest absolute Gasteiger partial charge is 0.467 e. The van der Waals surface area contributed by atoms with E-state index in [4.69, 9.17) is 4.74 Å². The summed E-state index contributed by atoms with van der Waals surface area (Å²) in [7, 11) is 1.32. The summed E-state index contributed by atoms with van der Waals surface area (Å²) in [6.07, 6.45) is 3.88. The van der Waals surface area contributed by atoms with Gasteiger partial charge in [-0.2, -0.15) is 0 Å². The molecule has 0 radical (unpaired) electrons. The predicted molar refractivity (Wildman–Crippen MR) is 64.3 cm³/mol. The van der Waals surface area contributed by atoms with E-state index in [0.29, 0.717) is 5.56 Å². The van der Waals surface area contributed by atoms with E-state index in [2.05, 4.69) is 0 Å². The van der Waals surface area contributed by atoms with Crippen LogP contribution in [0, 0.1) is 5.92 Å². The van der Waals surface area contributed by atoms with Gasteiger partial charge in [0.2, 0.25) is 0 Å². The topological polar surface area (TPSA) is 46.5 Å². The van der Waals surface area contributed by atoms with Crippen LogP contribution in [0.15, 0.2) is 30.3 Å². The smallest absolute Gasteiger partial charge is 0.342 e. The number of esters is 1. The van der Waals surface area contributed by atoms with Crippen LogP contribution < -0.4 is 0 Å². The van der Waals surface area contributed by atoms with Gasteiger partial charge >= 0.3 is 5.97 Å². The number of methoxy groups -OCH3 is 1. The molecule has 0 aromatic heterocycles. The number of ether oxygens (including phenoxy) is 1. The molecule has 0 bridgehead atoms. The minimum atomic E-state index is -1.48. The lowest BCUT2D eigenvalue weighted by molar-refractivity contribution is -0.170. The van der Waals surface area contributed by atoms with Crippen molar-refractivity contribution in [1.82, 2.24) is 0 Å². The number of carbonyl (C=O) groups excluding carboxylic acids is 1. The zero-order valence-electron chi connectivity index (χ0n) is 10.1. The molecule has 3 nitrogen and oxygen atoms in total. The van der Waals surface area contributed by atoms with Crippen LogP contribution in [-0.2, 0) is 15.1 Å². The van der Waals surface area contributed by atoms with Crippen LogP contribution in [-0.4, -0.2) is 18.2 Å². The van der Waals surface area contributed by atoms with Gasteiger partial charge in [-0.1, -0.05) is 43.2 Å². The Balaban J connectivity index is 2.39. The van der Waals surface area contributed by atoms with E-state index in [1.165, 1.54) is 7.11 Å². The van der Waals surface area contributed by atoms with Gasteiger partial charge in [0.25, 0.3) is 0 Å². The zero-order chi connectivity index (χ0) is 12.3. The number of aliphatic hydroxyl groups is 1. The molecule has 1 fully saturated rings. The number of rotatable bonds is 3. The predicted octanol–water partition coefficient (Wildman–Crippen LogP) is 2.24. The molecule has 0 aliphatic heterocycles. The molecule has 0 heterocycles. The normalized spacial score (nSPS) is 19.9. The lowest BCUT2D eigenvalue weighted by Gasteiger charge is -2.31. The van der Waals surface area contributed by atoms with Crippen molar-refractivity contribution in [1.29, 1.82) is 0 Å². The molecule has 92 valence electrons. The van der Waals surface area contributed by atoms with Gasteiger partial charge in [0.05, 0.1) is 7.11 Å². The number of carbonyl (C=O) groups is 1. The standard InChI is InChI=1S/C14H18O3/c1-17-13(15)14(16,12-9-5-6-10-12)11-7-3-2-4-8-11/h2-4,7-8,12,16H,5-6,9-10H2,1H3/t14-/m0/s1. The van der Waals surface area contributed by atoms with Crippen molar-refractivity contribution >= 4 is 5.97 Å². The third-order valence-electron chi connectivity index (χ3n) is 3.66. The van der Waals surface area contributed by atoms with Gasteiger partial charge in [-0.25, -0.2) is 4.79 Å². The Labute approximate surface area is 101 Å². The fourth-order valence-corrected chi connectivity index (χ4v) is 2.71. The summed E-state index contributed by atoms with van der Waals surface area (Å²) in [5.74, 6) is -0.576. The molecular weight excluding hydrogens is 216 g/mol. The summed E-state index contributed by atoms with van der Waals surface area (Å²) < 4.78 is 4.79. The first kappa shape index (κ1) is 12.1. The minimum absolute atomic E-state index is 0.0302. The number of hydrogen-bond acceptors (Lipinski definition) is 3. The second-order valence-electron chi connectivity index (χ2n) is 4.61. The van der Waals surface area contributed by atoms with E-state index < -0.39 is 11.6 Å². The Morgan fingerprint density at radius 2 is 1.88 bits per heavy atom. The summed E-state index contributed by atoms with van der Waals surface area (Å²) in [6.45, 7) is 0. The fourth-order valence-electron chi connectivity index (χ4n) is 2.71. The summed E-state index contributed by atoms with van der Waals surface area (Å²) in [4.78, 5) is 11.9. The van der Waals surface area contributed by atoms with Gasteiger partial charge in [0, 0.05) is 5.92 Å². The summed E-state index contributed by atoms with van der Waals surface area (Å²) >= 11 is 0. The summed E-state index contributed by atoms with van der Waals surface area (Å²) in [6, 6.07) is 9.11. The third kappa shape index (κ3) is 2.07. The van der Waals surface area contributed by atoms with Crippen molar-refractivity contribution in [3.05, 3.63) is 35.9 Å². The highest BCUT2D eigenvalue weighted by Gasteiger charge is 2.47. The first-order valence-electron chi connectivity index (χ1n) is 6.06. The van der Waals surface area contributed by atoms with E-state index in [0.717, 1.165) is 25.7 Å². The second-order valence-corrected chi connectivity index (χ2v) is 4.61. The molecule has 1 aliphatic carbocycles. The SMILES string of the molecule is COC(=O)[C@](O)(c1ccccc1)C1CCCC1. The number of benzene rings is 1. The highest BCUT2D eigenvalue weighted by molar-refractivity contribution is 5.81. The van der Waals surface area contributed by atoms with Gasteiger partial charge in [-0.3, -0.25) is 0 Å². The van der Waals surface area contributed by atoms with Crippen LogP contribution >= 0.6 is 0 Å². The monoisotopic (exact) mass is 234 g/mol. The van der Waals surface area contributed by atoms with Crippen LogP contribution in [0.1, 0.15) is 31.2 Å². The van der Waals surface area contributed by atoms with Gasteiger partial charge in [-0.05, 0) is 18.4 Å². The van der Waals surface area contributed by atoms with E-state index in [-0.39, 0.29) is 5.92 Å². The molecule has 0 spiro atoms. The summed E-state index contributed by atoms with van der Waals surface area (Å²) in [5, 5.41) is 10.8. The van der Waals surface area contributed by atoms with E-state index in [1.54, 1.807) is 12.1 Å². The fraction of sp³-hybridized carbons (Fsp3) is 0.500. The molecule has 0 unspecified atom stereocenters. The quantitative estimate of drug-likeness (QED) is 0.816. The van der Waals surface area contributed by atoms with Gasteiger partial charge < -0.3 is 9.84 Å². The second kappa shape index (κ2) is 4.88. The molecule has 3 heteroatoms. The molecule has 1 aliphatic rings. The average molecular weight is 234 g/mol. The zero-order valence-corrected chi connectivity index (χ0v) is 10.1. The van der Waals surface area contributed by atoms with E-state index in [1.807, 2.05) is 18.2 Å². The Kier molecular flexibility index (Phi) is 3.48. The first-order valence-corrected chi connectivity index (χ1v) is 6.06. The molecule has 1 aromatic carbocycles. The molecule has 1 aromatic rings. The van der Waals surface area contributed by atoms with E-state index >= 15 is 0 Å². The van der Waals surface area contributed by atoms with Crippen LogP contribution in [0.2, 0.25) is 0 Å². The van der Waals surface area contributed by atoms with Crippen LogP contribution in [0.5, 0.6) is 0 Å². The Morgan fingerprint density at radius 3 is 2.41 bits per heavy atom. The maximum absolute atomic E-state index is 11.9. The van der Waals surface area contributed by atoms with Crippen molar-refractivity contribution in [2.24, 2.45) is 5.92 Å². The molecule has 1 atom stereocenters. The molecule has 0 saturated heterocycles. The Morgan fingerprint density at radius 1 is 1.29 bits per heavy atom. The highest BCUT2D eigenvalue weighted by atomic mass is 16.5. The van der Waals surface area contributed by atoms with Gasteiger partial charge in [-0.15, -0.1) is 0 Å². The molecule has 1 N–H and O–H groups in total. The third-order valence-corrected chi connectivity index (χ3v) is 3.66. The van der Waals surface area contributed by atoms with Crippen molar-refractivity contribution < 1.29 is 14.6 Å². The van der Waals surface area contributed by atoms with Crippen LogP contribution in [0.3, 0.4) is 0 Å². The maximum Gasteiger partial charge on any atom is 0.342 e. The average Bonchev–Trinajstić information content (AvgIpc) is 2.92. The van der Waals surface area contributed by atoms with Crippen molar-refractivity contribution in [2.45, 2.75) is 31.3 Å². The number of hydrogen-bond donors (Lipinski definition) is 1. The van der Waals surface area contributed by atoms with E-state index in [9.17, 15) is 9.90 Å². The van der Waals surface area contributed by atoms with Crippen molar-refractivity contribution in [3.8, 4) is 0 Å². The molecule has 0 amide bonds. The minimum Gasteiger partial charge on any atom is -0.467 e. The van der Waals surface area contributed by atoms with Crippen LogP contribution in [0.25, 0.3) is 0 Å². The van der Waals surface area contributed by atoms with Crippen molar-refractivity contribution in [3.63, 3.8) is 0 Å². The lowest BCUT2D eigenvalue weighted by Crippen LogP contribution is -2.43. The Bertz CT molecular complexity index is 382. The molecule has 1 saturated carbocycles.